The Morgan fingerprint density at radius 3 is 2.46 bits per heavy atom. The van der Waals surface area contributed by atoms with Gasteiger partial charge in [0, 0.05) is 12.3 Å². The number of allylic oxidation sites excluding steroid dienone is 1. The predicted octanol–water partition coefficient (Wildman–Crippen LogP) is 5.13. The van der Waals surface area contributed by atoms with E-state index in [1.165, 1.54) is 24.0 Å². The average Bonchev–Trinajstić information content (AvgIpc) is 3.39. The van der Waals surface area contributed by atoms with E-state index in [9.17, 15) is 0 Å². The second-order valence-electron chi connectivity index (χ2n) is 5.91. The third kappa shape index (κ3) is 5.45. The Morgan fingerprint density at radius 1 is 1.33 bits per heavy atom. The molecule has 1 aromatic carbocycles. The highest BCUT2D eigenvalue weighted by Gasteiger charge is 2.27. The SMILES string of the molecule is CC.COc1ccc(C)c(CNC(=S)/C=C(\C(C)=N)C2CC2)c1C. The van der Waals surface area contributed by atoms with E-state index in [0.29, 0.717) is 23.2 Å². The zero-order valence-corrected chi connectivity index (χ0v) is 16.6. The maximum Gasteiger partial charge on any atom is 0.122 e. The lowest BCUT2D eigenvalue weighted by Gasteiger charge is -2.15. The molecule has 0 aromatic heterocycles. The van der Waals surface area contributed by atoms with Crippen LogP contribution < -0.4 is 10.1 Å². The first-order valence-corrected chi connectivity index (χ1v) is 9.03. The first-order valence-electron chi connectivity index (χ1n) is 8.62. The van der Waals surface area contributed by atoms with Gasteiger partial charge in [0.15, 0.2) is 0 Å². The monoisotopic (exact) mass is 346 g/mol. The molecule has 0 unspecified atom stereocenters. The number of nitrogens with one attached hydrogen (secondary N) is 2. The van der Waals surface area contributed by atoms with Crippen molar-refractivity contribution in [3.8, 4) is 5.75 Å². The van der Waals surface area contributed by atoms with Crippen molar-refractivity contribution >= 4 is 22.9 Å². The lowest BCUT2D eigenvalue weighted by molar-refractivity contribution is 0.411. The van der Waals surface area contributed by atoms with Crippen LogP contribution in [0.3, 0.4) is 0 Å². The van der Waals surface area contributed by atoms with Crippen LogP contribution in [-0.2, 0) is 6.54 Å². The van der Waals surface area contributed by atoms with Gasteiger partial charge in [-0.3, -0.25) is 0 Å². The molecule has 0 aliphatic heterocycles. The van der Waals surface area contributed by atoms with Crippen molar-refractivity contribution in [2.24, 2.45) is 5.92 Å². The van der Waals surface area contributed by atoms with Gasteiger partial charge >= 0.3 is 0 Å². The predicted molar refractivity (Wildman–Crippen MR) is 107 cm³/mol. The van der Waals surface area contributed by atoms with Crippen LogP contribution in [-0.4, -0.2) is 17.8 Å². The molecule has 0 radical (unpaired) electrons. The van der Waals surface area contributed by atoms with Gasteiger partial charge in [0.05, 0.1) is 12.1 Å². The van der Waals surface area contributed by atoms with Crippen molar-refractivity contribution in [2.75, 3.05) is 7.11 Å². The molecule has 132 valence electrons. The fraction of sp³-hybridized carbons (Fsp3) is 0.500. The molecule has 1 aliphatic rings. The summed E-state index contributed by atoms with van der Waals surface area (Å²) in [5, 5.41) is 11.2. The van der Waals surface area contributed by atoms with Crippen molar-refractivity contribution in [1.82, 2.24) is 5.32 Å². The third-order valence-corrected chi connectivity index (χ3v) is 4.44. The minimum Gasteiger partial charge on any atom is -0.496 e. The Kier molecular flexibility index (Phi) is 8.13. The van der Waals surface area contributed by atoms with Crippen LogP contribution in [0.2, 0.25) is 0 Å². The number of benzene rings is 1. The highest BCUT2D eigenvalue weighted by Crippen LogP contribution is 2.36. The minimum absolute atomic E-state index is 0.539. The number of thiocarbonyl (C=S) groups is 1. The van der Waals surface area contributed by atoms with Gasteiger partial charge in [-0.1, -0.05) is 32.1 Å². The van der Waals surface area contributed by atoms with Crippen LogP contribution in [0, 0.1) is 25.2 Å². The Morgan fingerprint density at radius 2 is 1.96 bits per heavy atom. The van der Waals surface area contributed by atoms with Gasteiger partial charge < -0.3 is 15.5 Å². The Hall–Kier alpha value is -1.68. The van der Waals surface area contributed by atoms with Crippen molar-refractivity contribution in [3.63, 3.8) is 0 Å². The van der Waals surface area contributed by atoms with Crippen LogP contribution in [0.1, 0.15) is 50.3 Å². The van der Waals surface area contributed by atoms with Crippen LogP contribution in [0.15, 0.2) is 23.8 Å². The van der Waals surface area contributed by atoms with Crippen LogP contribution >= 0.6 is 12.2 Å². The number of hydrogen-bond donors (Lipinski definition) is 2. The second kappa shape index (κ2) is 9.58. The lowest BCUT2D eigenvalue weighted by Crippen LogP contribution is -2.21. The van der Waals surface area contributed by atoms with E-state index in [4.69, 9.17) is 22.4 Å². The highest BCUT2D eigenvalue weighted by atomic mass is 32.1. The second-order valence-corrected chi connectivity index (χ2v) is 6.34. The molecule has 24 heavy (non-hydrogen) atoms. The summed E-state index contributed by atoms with van der Waals surface area (Å²) in [4.78, 5) is 0.704. The summed E-state index contributed by atoms with van der Waals surface area (Å²) in [6, 6.07) is 4.06. The molecule has 0 atom stereocenters. The molecule has 0 spiro atoms. The molecular weight excluding hydrogens is 316 g/mol. The van der Waals surface area contributed by atoms with Gasteiger partial charge in [0.2, 0.25) is 0 Å². The Labute approximate surface area is 152 Å². The molecule has 0 heterocycles. The minimum atomic E-state index is 0.539. The summed E-state index contributed by atoms with van der Waals surface area (Å²) < 4.78 is 5.38. The van der Waals surface area contributed by atoms with Gasteiger partial charge in [0.25, 0.3) is 0 Å². The number of aryl methyl sites for hydroxylation is 1. The van der Waals surface area contributed by atoms with Gasteiger partial charge in [-0.25, -0.2) is 0 Å². The molecule has 2 N–H and O–H groups in total. The summed E-state index contributed by atoms with van der Waals surface area (Å²) in [6.07, 6.45) is 4.32. The topological polar surface area (TPSA) is 45.1 Å². The fourth-order valence-electron chi connectivity index (χ4n) is 2.66. The molecule has 0 saturated heterocycles. The maximum absolute atomic E-state index is 7.86. The van der Waals surface area contributed by atoms with E-state index >= 15 is 0 Å². The van der Waals surface area contributed by atoms with Crippen molar-refractivity contribution in [3.05, 3.63) is 40.5 Å². The van der Waals surface area contributed by atoms with Gasteiger partial charge in [-0.05, 0) is 73.9 Å². The average molecular weight is 347 g/mol. The summed E-state index contributed by atoms with van der Waals surface area (Å²) in [7, 11) is 1.69. The molecule has 1 saturated carbocycles. The summed E-state index contributed by atoms with van der Waals surface area (Å²) in [5.74, 6) is 1.44. The number of methoxy groups -OCH3 is 1. The lowest BCUT2D eigenvalue weighted by atomic mass is 10.0. The summed E-state index contributed by atoms with van der Waals surface area (Å²) >= 11 is 5.43. The number of rotatable bonds is 6. The smallest absolute Gasteiger partial charge is 0.122 e. The number of ether oxygens (including phenoxy) is 1. The third-order valence-electron chi connectivity index (χ3n) is 4.18. The van der Waals surface area contributed by atoms with E-state index < -0.39 is 0 Å². The van der Waals surface area contributed by atoms with Crippen molar-refractivity contribution in [2.45, 2.75) is 54.0 Å². The molecule has 1 fully saturated rings. The van der Waals surface area contributed by atoms with E-state index in [-0.39, 0.29) is 0 Å². The summed E-state index contributed by atoms with van der Waals surface area (Å²) in [6.45, 7) is 10.7. The fourth-order valence-corrected chi connectivity index (χ4v) is 2.86. The molecule has 3 nitrogen and oxygen atoms in total. The molecular formula is C20H30N2OS. The standard InChI is InChI=1S/C18H24N2OS.C2H6/c1-11-5-8-17(21-4)12(2)16(11)10-20-18(22)9-15(13(3)19)14-6-7-14;1-2/h5,8-9,14,19H,6-7,10H2,1-4H3,(H,20,22);1-2H3/b15-9+,19-13?;. The Bertz CT molecular complexity index is 631. The van der Waals surface area contributed by atoms with Gasteiger partial charge in [0.1, 0.15) is 5.75 Å². The zero-order valence-electron chi connectivity index (χ0n) is 15.7. The van der Waals surface area contributed by atoms with Gasteiger partial charge in [-0.15, -0.1) is 0 Å². The molecule has 0 amide bonds. The normalized spacial score (nSPS) is 13.7. The molecule has 4 heteroatoms. The molecule has 1 aliphatic carbocycles. The Balaban J connectivity index is 0.00000139. The molecule has 0 bridgehead atoms. The first kappa shape index (κ1) is 20.4. The first-order chi connectivity index (χ1) is 11.4. The van der Waals surface area contributed by atoms with Crippen molar-refractivity contribution < 1.29 is 4.74 Å². The van der Waals surface area contributed by atoms with E-state index in [1.54, 1.807) is 7.11 Å². The van der Waals surface area contributed by atoms with E-state index in [2.05, 4.69) is 25.2 Å². The molecule has 1 aromatic rings. The van der Waals surface area contributed by atoms with Crippen LogP contribution in [0.25, 0.3) is 0 Å². The zero-order chi connectivity index (χ0) is 18.3. The highest BCUT2D eigenvalue weighted by molar-refractivity contribution is 7.80. The van der Waals surface area contributed by atoms with Crippen molar-refractivity contribution in [1.29, 1.82) is 5.41 Å². The maximum atomic E-state index is 7.86. The van der Waals surface area contributed by atoms with Crippen LogP contribution in [0.5, 0.6) is 5.75 Å². The van der Waals surface area contributed by atoms with Crippen LogP contribution in [0.4, 0.5) is 0 Å². The number of hydrogen-bond acceptors (Lipinski definition) is 3. The van der Waals surface area contributed by atoms with E-state index in [0.717, 1.165) is 16.9 Å². The largest absolute Gasteiger partial charge is 0.496 e. The quantitative estimate of drug-likeness (QED) is 0.426. The van der Waals surface area contributed by atoms with Gasteiger partial charge in [-0.2, -0.15) is 0 Å². The molecule has 2 rings (SSSR count). The summed E-state index contributed by atoms with van der Waals surface area (Å²) in [5.41, 5.74) is 5.29. The van der Waals surface area contributed by atoms with E-state index in [1.807, 2.05) is 32.9 Å².